The number of amides is 1. The summed E-state index contributed by atoms with van der Waals surface area (Å²) in [5.74, 6) is -0.826. The first-order valence-electron chi connectivity index (χ1n) is 10.9. The van der Waals surface area contributed by atoms with Crippen LogP contribution in [-0.2, 0) is 9.59 Å². The molecule has 0 aliphatic carbocycles. The molecule has 0 spiro atoms. The van der Waals surface area contributed by atoms with Crippen LogP contribution in [0.1, 0.15) is 22.7 Å². The Morgan fingerprint density at radius 2 is 1.69 bits per heavy atom. The largest absolute Gasteiger partial charge is 0.507 e. The van der Waals surface area contributed by atoms with Gasteiger partial charge in [-0.2, -0.15) is 0 Å². The van der Waals surface area contributed by atoms with Crippen molar-refractivity contribution in [2.24, 2.45) is 0 Å². The van der Waals surface area contributed by atoms with E-state index in [0.717, 1.165) is 15.8 Å². The van der Waals surface area contributed by atoms with Crippen LogP contribution in [0.2, 0.25) is 0 Å². The van der Waals surface area contributed by atoms with Gasteiger partial charge in [-0.05, 0) is 36.8 Å². The molecule has 0 unspecified atom stereocenters. The summed E-state index contributed by atoms with van der Waals surface area (Å²) in [6.45, 7) is 1.93. The Bertz CT molecular complexity index is 1460. The molecule has 1 atom stereocenters. The quantitative estimate of drug-likeness (QED) is 0.236. The fraction of sp³-hybridized carbons (Fsp3) is 0.148. The zero-order valence-corrected chi connectivity index (χ0v) is 20.1. The SMILES string of the molecule is COc1ccc([C@H]2C(=C(O)c3ccc(C)cc3)C(=O)C(=O)N2c2nc3ccccc3s2)cc1OC. The lowest BCUT2D eigenvalue weighted by Gasteiger charge is -2.23. The summed E-state index contributed by atoms with van der Waals surface area (Å²) >= 11 is 1.31. The number of hydrogen-bond donors (Lipinski definition) is 1. The maximum Gasteiger partial charge on any atom is 0.301 e. The van der Waals surface area contributed by atoms with Crippen molar-refractivity contribution in [2.45, 2.75) is 13.0 Å². The number of aliphatic hydroxyl groups is 1. The molecule has 1 amide bonds. The lowest BCUT2D eigenvalue weighted by Crippen LogP contribution is -2.29. The van der Waals surface area contributed by atoms with E-state index in [2.05, 4.69) is 4.98 Å². The number of ketones is 1. The maximum absolute atomic E-state index is 13.4. The Labute approximate surface area is 205 Å². The molecule has 7 nitrogen and oxygen atoms in total. The number of ether oxygens (including phenoxy) is 2. The van der Waals surface area contributed by atoms with E-state index in [4.69, 9.17) is 9.47 Å². The average molecular weight is 487 g/mol. The Balaban J connectivity index is 1.75. The number of aryl methyl sites for hydroxylation is 1. The van der Waals surface area contributed by atoms with Crippen molar-refractivity contribution < 1.29 is 24.2 Å². The topological polar surface area (TPSA) is 89.0 Å². The van der Waals surface area contributed by atoms with Gasteiger partial charge in [0.15, 0.2) is 16.6 Å². The summed E-state index contributed by atoms with van der Waals surface area (Å²) in [5.41, 5.74) is 2.75. The maximum atomic E-state index is 13.4. The minimum atomic E-state index is -0.906. The fourth-order valence-electron chi connectivity index (χ4n) is 4.20. The number of thiazole rings is 1. The van der Waals surface area contributed by atoms with Gasteiger partial charge >= 0.3 is 5.91 Å². The molecule has 5 rings (SSSR count). The predicted octanol–water partition coefficient (Wildman–Crippen LogP) is 5.25. The van der Waals surface area contributed by atoms with Gasteiger partial charge < -0.3 is 14.6 Å². The minimum absolute atomic E-state index is 0.00895. The van der Waals surface area contributed by atoms with Crippen LogP contribution in [0.5, 0.6) is 11.5 Å². The second-order valence-electron chi connectivity index (χ2n) is 8.11. The number of benzene rings is 3. The first-order valence-corrected chi connectivity index (χ1v) is 11.7. The predicted molar refractivity (Wildman–Crippen MR) is 135 cm³/mol. The molecule has 1 fully saturated rings. The van der Waals surface area contributed by atoms with Gasteiger partial charge in [-0.3, -0.25) is 14.5 Å². The van der Waals surface area contributed by atoms with Crippen LogP contribution < -0.4 is 14.4 Å². The number of aromatic nitrogens is 1. The van der Waals surface area contributed by atoms with Gasteiger partial charge in [0.05, 0.1) is 36.1 Å². The third kappa shape index (κ3) is 3.81. The Kier molecular flexibility index (Phi) is 5.74. The number of Topliss-reactive ketones (excluding diaryl/α,β-unsaturated/α-hetero) is 1. The van der Waals surface area contributed by atoms with Crippen molar-refractivity contribution in [1.82, 2.24) is 4.98 Å². The Morgan fingerprint density at radius 1 is 0.971 bits per heavy atom. The highest BCUT2D eigenvalue weighted by Crippen LogP contribution is 2.45. The number of hydrogen-bond acceptors (Lipinski definition) is 7. The van der Waals surface area contributed by atoms with Crippen LogP contribution in [-0.4, -0.2) is 36.0 Å². The smallest absolute Gasteiger partial charge is 0.301 e. The number of methoxy groups -OCH3 is 2. The summed E-state index contributed by atoms with van der Waals surface area (Å²) in [6, 6.07) is 18.9. The first-order chi connectivity index (χ1) is 16.9. The summed E-state index contributed by atoms with van der Waals surface area (Å²) in [5, 5.41) is 11.6. The molecule has 3 aromatic carbocycles. The molecule has 0 bridgehead atoms. The molecular formula is C27H22N2O5S. The Morgan fingerprint density at radius 3 is 2.37 bits per heavy atom. The van der Waals surface area contributed by atoms with E-state index in [1.54, 1.807) is 30.3 Å². The van der Waals surface area contributed by atoms with Gasteiger partial charge in [-0.1, -0.05) is 59.4 Å². The Hall–Kier alpha value is -4.17. The second-order valence-corrected chi connectivity index (χ2v) is 9.12. The molecular weight excluding hydrogens is 464 g/mol. The standard InChI is InChI=1S/C27H22N2O5S/c1-15-8-10-16(11-9-15)24(30)22-23(17-12-13-19(33-2)20(14-17)34-3)29(26(32)25(22)31)27-28-18-6-4-5-7-21(18)35-27/h4-14,23,30H,1-3H3/t23-/m0/s1. The number of anilines is 1. The van der Waals surface area contributed by atoms with Crippen LogP contribution in [0.15, 0.2) is 72.3 Å². The fourth-order valence-corrected chi connectivity index (χ4v) is 5.19. The third-order valence-corrected chi connectivity index (χ3v) is 7.02. The summed E-state index contributed by atoms with van der Waals surface area (Å²) in [6.07, 6.45) is 0. The van der Waals surface area contributed by atoms with Crippen molar-refractivity contribution in [3.05, 3.63) is 89.0 Å². The lowest BCUT2D eigenvalue weighted by atomic mass is 9.95. The van der Waals surface area contributed by atoms with E-state index < -0.39 is 17.7 Å². The minimum Gasteiger partial charge on any atom is -0.507 e. The van der Waals surface area contributed by atoms with E-state index in [0.29, 0.717) is 27.8 Å². The number of carbonyl (C=O) groups excluding carboxylic acids is 2. The molecule has 2 heterocycles. The second kappa shape index (κ2) is 8.88. The van der Waals surface area contributed by atoms with E-state index in [1.807, 2.05) is 43.3 Å². The molecule has 8 heteroatoms. The van der Waals surface area contributed by atoms with Crippen molar-refractivity contribution in [3.63, 3.8) is 0 Å². The number of carbonyl (C=O) groups is 2. The highest BCUT2D eigenvalue weighted by molar-refractivity contribution is 7.22. The number of para-hydroxylation sites is 1. The molecule has 1 aliphatic heterocycles. The molecule has 4 aromatic rings. The molecule has 176 valence electrons. The number of fused-ring (bicyclic) bond motifs is 1. The number of nitrogens with zero attached hydrogens (tertiary/aromatic N) is 2. The van der Waals surface area contributed by atoms with Crippen LogP contribution in [0.25, 0.3) is 16.0 Å². The van der Waals surface area contributed by atoms with Gasteiger partial charge in [0.2, 0.25) is 0 Å². The monoisotopic (exact) mass is 486 g/mol. The van der Waals surface area contributed by atoms with Crippen molar-refractivity contribution >= 4 is 44.1 Å². The van der Waals surface area contributed by atoms with Crippen LogP contribution in [0.3, 0.4) is 0 Å². The first kappa shape index (κ1) is 22.6. The molecule has 1 aromatic heterocycles. The summed E-state index contributed by atoms with van der Waals surface area (Å²) in [4.78, 5) is 32.7. The highest BCUT2D eigenvalue weighted by Gasteiger charge is 2.48. The van der Waals surface area contributed by atoms with Crippen LogP contribution >= 0.6 is 11.3 Å². The van der Waals surface area contributed by atoms with Crippen molar-refractivity contribution in [3.8, 4) is 11.5 Å². The molecule has 1 N–H and O–H groups in total. The van der Waals surface area contributed by atoms with E-state index in [-0.39, 0.29) is 11.3 Å². The molecule has 35 heavy (non-hydrogen) atoms. The van der Waals surface area contributed by atoms with Crippen LogP contribution in [0.4, 0.5) is 5.13 Å². The zero-order chi connectivity index (χ0) is 24.7. The average Bonchev–Trinajstić information content (AvgIpc) is 3.42. The van der Waals surface area contributed by atoms with Crippen molar-refractivity contribution in [1.29, 1.82) is 0 Å². The number of aliphatic hydroxyl groups excluding tert-OH is 1. The zero-order valence-electron chi connectivity index (χ0n) is 19.3. The summed E-state index contributed by atoms with van der Waals surface area (Å²) in [7, 11) is 3.04. The van der Waals surface area contributed by atoms with Gasteiger partial charge in [0, 0.05) is 5.56 Å². The number of rotatable bonds is 5. The van der Waals surface area contributed by atoms with Gasteiger partial charge in [0.1, 0.15) is 5.76 Å². The van der Waals surface area contributed by atoms with Gasteiger partial charge in [0.25, 0.3) is 5.78 Å². The van der Waals surface area contributed by atoms with Crippen molar-refractivity contribution in [2.75, 3.05) is 19.1 Å². The molecule has 1 aliphatic rings. The van der Waals surface area contributed by atoms with E-state index in [9.17, 15) is 14.7 Å². The van der Waals surface area contributed by atoms with Gasteiger partial charge in [-0.15, -0.1) is 0 Å². The lowest BCUT2D eigenvalue weighted by molar-refractivity contribution is -0.132. The van der Waals surface area contributed by atoms with E-state index in [1.165, 1.54) is 30.5 Å². The summed E-state index contributed by atoms with van der Waals surface area (Å²) < 4.78 is 11.7. The normalized spacial score (nSPS) is 17.2. The highest BCUT2D eigenvalue weighted by atomic mass is 32.1. The molecule has 0 radical (unpaired) electrons. The third-order valence-electron chi connectivity index (χ3n) is 5.98. The van der Waals surface area contributed by atoms with Gasteiger partial charge in [-0.25, -0.2) is 4.98 Å². The van der Waals surface area contributed by atoms with E-state index >= 15 is 0 Å². The molecule has 0 saturated carbocycles. The molecule has 1 saturated heterocycles. The van der Waals surface area contributed by atoms with Crippen LogP contribution in [0, 0.1) is 6.92 Å².